The van der Waals surface area contributed by atoms with Gasteiger partial charge in [0.1, 0.15) is 5.69 Å². The second kappa shape index (κ2) is 8.11. The number of hydrogen-bond acceptors (Lipinski definition) is 4. The van der Waals surface area contributed by atoms with Crippen molar-refractivity contribution in [2.45, 2.75) is 32.1 Å². The molecular weight excluding hydrogens is 290 g/mol. The van der Waals surface area contributed by atoms with E-state index in [-0.39, 0.29) is 5.91 Å². The van der Waals surface area contributed by atoms with Gasteiger partial charge in [0.25, 0.3) is 5.91 Å². The van der Waals surface area contributed by atoms with Crippen molar-refractivity contribution in [1.82, 2.24) is 9.88 Å². The van der Waals surface area contributed by atoms with E-state index in [1.807, 2.05) is 6.07 Å². The Bertz CT molecular complexity index is 548. The van der Waals surface area contributed by atoms with E-state index < -0.39 is 0 Å². The summed E-state index contributed by atoms with van der Waals surface area (Å²) in [6.45, 7) is 3.44. The van der Waals surface area contributed by atoms with Crippen LogP contribution in [0.1, 0.15) is 42.6 Å². The zero-order valence-corrected chi connectivity index (χ0v) is 13.6. The smallest absolute Gasteiger partial charge is 0.272 e. The van der Waals surface area contributed by atoms with Gasteiger partial charge >= 0.3 is 0 Å². The highest BCUT2D eigenvalue weighted by Crippen LogP contribution is 2.20. The van der Waals surface area contributed by atoms with Crippen molar-refractivity contribution >= 4 is 11.6 Å². The molecule has 0 spiro atoms. The Morgan fingerprint density at radius 1 is 1.26 bits per heavy atom. The van der Waals surface area contributed by atoms with Crippen LogP contribution < -0.4 is 5.32 Å². The first kappa shape index (κ1) is 16.0. The van der Waals surface area contributed by atoms with Crippen LogP contribution in [0, 0.1) is 0 Å². The third-order valence-corrected chi connectivity index (χ3v) is 4.44. The third-order valence-electron chi connectivity index (χ3n) is 4.44. The van der Waals surface area contributed by atoms with Gasteiger partial charge in [-0.05, 0) is 44.2 Å². The molecule has 0 aromatic carbocycles. The van der Waals surface area contributed by atoms with Crippen molar-refractivity contribution in [2.24, 2.45) is 0 Å². The third kappa shape index (κ3) is 4.55. The topological polar surface area (TPSA) is 54.5 Å². The van der Waals surface area contributed by atoms with Crippen molar-refractivity contribution in [3.8, 4) is 0 Å². The van der Waals surface area contributed by atoms with Crippen LogP contribution in [0.5, 0.6) is 0 Å². The lowest BCUT2D eigenvalue weighted by Gasteiger charge is -2.26. The summed E-state index contributed by atoms with van der Waals surface area (Å²) in [5, 5.41) is 3.39. The Balaban J connectivity index is 1.48. The summed E-state index contributed by atoms with van der Waals surface area (Å²) in [6.07, 6.45) is 10.4. The molecule has 0 bridgehead atoms. The van der Waals surface area contributed by atoms with Crippen molar-refractivity contribution < 1.29 is 9.53 Å². The summed E-state index contributed by atoms with van der Waals surface area (Å²) >= 11 is 0. The molecule has 1 saturated heterocycles. The fourth-order valence-electron chi connectivity index (χ4n) is 3.05. The van der Waals surface area contributed by atoms with Gasteiger partial charge in [-0.15, -0.1) is 0 Å². The van der Waals surface area contributed by atoms with Gasteiger partial charge in [0.05, 0.1) is 25.1 Å². The number of carbonyl (C=O) groups is 1. The van der Waals surface area contributed by atoms with Gasteiger partial charge in [0, 0.05) is 19.6 Å². The van der Waals surface area contributed by atoms with E-state index in [4.69, 9.17) is 4.74 Å². The number of ether oxygens (including phenoxy) is 1. The Hall–Kier alpha value is -1.88. The summed E-state index contributed by atoms with van der Waals surface area (Å²) < 4.78 is 5.27. The largest absolute Gasteiger partial charge is 0.383 e. The number of amides is 1. The Morgan fingerprint density at radius 2 is 2.13 bits per heavy atom. The molecule has 0 atom stereocenters. The molecule has 0 unspecified atom stereocenters. The number of carbonyl (C=O) groups excluding carboxylic acids is 1. The number of hydrogen-bond donors (Lipinski definition) is 1. The first-order valence-corrected chi connectivity index (χ1v) is 8.58. The van der Waals surface area contributed by atoms with Crippen LogP contribution in [-0.2, 0) is 4.74 Å². The van der Waals surface area contributed by atoms with Crippen molar-refractivity contribution in [2.75, 3.05) is 38.2 Å². The maximum Gasteiger partial charge on any atom is 0.272 e. The van der Waals surface area contributed by atoms with E-state index in [0.29, 0.717) is 32.0 Å². The normalized spacial score (nSPS) is 18.4. The first-order chi connectivity index (χ1) is 11.3. The Labute approximate surface area is 137 Å². The van der Waals surface area contributed by atoms with E-state index in [1.54, 1.807) is 22.7 Å². The van der Waals surface area contributed by atoms with Crippen molar-refractivity contribution in [3.05, 3.63) is 35.7 Å². The first-order valence-electron chi connectivity index (χ1n) is 8.58. The predicted molar refractivity (Wildman–Crippen MR) is 90.6 cm³/mol. The molecule has 1 aliphatic carbocycles. The molecule has 124 valence electrons. The SMILES string of the molecule is O=C(c1ccc(NCCC2=CCCCC2)cn1)N1CCOCC1. The maximum absolute atomic E-state index is 12.3. The second-order valence-electron chi connectivity index (χ2n) is 6.12. The second-order valence-corrected chi connectivity index (χ2v) is 6.12. The molecule has 1 aliphatic heterocycles. The molecule has 1 aromatic heterocycles. The van der Waals surface area contributed by atoms with Gasteiger partial charge in [-0.25, -0.2) is 4.98 Å². The zero-order valence-electron chi connectivity index (χ0n) is 13.6. The average molecular weight is 315 g/mol. The summed E-state index contributed by atoms with van der Waals surface area (Å²) in [5.41, 5.74) is 3.04. The number of rotatable bonds is 5. The van der Waals surface area contributed by atoms with Gasteiger partial charge in [0.2, 0.25) is 0 Å². The highest BCUT2D eigenvalue weighted by molar-refractivity contribution is 5.92. The molecular formula is C18H25N3O2. The Morgan fingerprint density at radius 3 is 2.83 bits per heavy atom. The number of pyridine rings is 1. The highest BCUT2D eigenvalue weighted by atomic mass is 16.5. The van der Waals surface area contributed by atoms with Gasteiger partial charge in [-0.1, -0.05) is 11.6 Å². The van der Waals surface area contributed by atoms with Gasteiger partial charge in [0.15, 0.2) is 0 Å². The summed E-state index contributed by atoms with van der Waals surface area (Å²) in [6, 6.07) is 3.75. The number of aromatic nitrogens is 1. The molecule has 5 heteroatoms. The van der Waals surface area contributed by atoms with E-state index >= 15 is 0 Å². The van der Waals surface area contributed by atoms with Gasteiger partial charge in [-0.3, -0.25) is 4.79 Å². The lowest BCUT2D eigenvalue weighted by atomic mass is 9.97. The molecule has 1 aromatic rings. The minimum Gasteiger partial charge on any atom is -0.383 e. The van der Waals surface area contributed by atoms with Crippen LogP contribution in [0.3, 0.4) is 0 Å². The maximum atomic E-state index is 12.3. The fourth-order valence-corrected chi connectivity index (χ4v) is 3.05. The number of nitrogens with one attached hydrogen (secondary N) is 1. The van der Waals surface area contributed by atoms with Gasteiger partial charge in [-0.2, -0.15) is 0 Å². The Kier molecular flexibility index (Phi) is 5.64. The molecule has 2 aliphatic rings. The molecule has 5 nitrogen and oxygen atoms in total. The van der Waals surface area contributed by atoms with Crippen LogP contribution in [0.2, 0.25) is 0 Å². The summed E-state index contributed by atoms with van der Waals surface area (Å²) in [7, 11) is 0. The lowest BCUT2D eigenvalue weighted by Crippen LogP contribution is -2.41. The number of nitrogens with zero attached hydrogens (tertiary/aromatic N) is 2. The minimum atomic E-state index is -0.00721. The number of morpholine rings is 1. The van der Waals surface area contributed by atoms with Crippen LogP contribution in [0.4, 0.5) is 5.69 Å². The standard InChI is InChI=1S/C18H25N3O2/c22-18(21-10-12-23-13-11-21)17-7-6-16(14-20-17)19-9-8-15-4-2-1-3-5-15/h4,6-7,14,19H,1-3,5,8-13H2. The van der Waals surface area contributed by atoms with Crippen LogP contribution in [-0.4, -0.2) is 48.6 Å². The fraction of sp³-hybridized carbons (Fsp3) is 0.556. The molecule has 0 radical (unpaired) electrons. The number of allylic oxidation sites excluding steroid dienone is 1. The van der Waals surface area contributed by atoms with Crippen molar-refractivity contribution in [3.63, 3.8) is 0 Å². The van der Waals surface area contributed by atoms with E-state index in [0.717, 1.165) is 18.7 Å². The summed E-state index contributed by atoms with van der Waals surface area (Å²) in [4.78, 5) is 18.4. The zero-order chi connectivity index (χ0) is 15.9. The van der Waals surface area contributed by atoms with Crippen LogP contribution in [0.15, 0.2) is 30.0 Å². The molecule has 0 saturated carbocycles. The van der Waals surface area contributed by atoms with Gasteiger partial charge < -0.3 is 15.0 Å². The summed E-state index contributed by atoms with van der Waals surface area (Å²) in [5.74, 6) is -0.00721. The molecule has 2 heterocycles. The van der Waals surface area contributed by atoms with E-state index in [2.05, 4.69) is 16.4 Å². The van der Waals surface area contributed by atoms with E-state index in [1.165, 1.54) is 25.7 Å². The molecule has 1 amide bonds. The molecule has 23 heavy (non-hydrogen) atoms. The molecule has 3 rings (SSSR count). The predicted octanol–water partition coefficient (Wildman–Crippen LogP) is 2.86. The number of anilines is 1. The monoisotopic (exact) mass is 315 g/mol. The molecule has 1 N–H and O–H groups in total. The molecule has 1 fully saturated rings. The van der Waals surface area contributed by atoms with Crippen LogP contribution >= 0.6 is 0 Å². The average Bonchev–Trinajstić information content (AvgIpc) is 2.63. The van der Waals surface area contributed by atoms with E-state index in [9.17, 15) is 4.79 Å². The van der Waals surface area contributed by atoms with Crippen molar-refractivity contribution in [1.29, 1.82) is 0 Å². The van der Waals surface area contributed by atoms with Crippen LogP contribution in [0.25, 0.3) is 0 Å². The minimum absolute atomic E-state index is 0.00721. The quantitative estimate of drug-likeness (QED) is 0.849. The highest BCUT2D eigenvalue weighted by Gasteiger charge is 2.19. The lowest BCUT2D eigenvalue weighted by molar-refractivity contribution is 0.0299.